The highest BCUT2D eigenvalue weighted by atomic mass is 16.5. The maximum Gasteiger partial charge on any atom is 0.318 e. The van der Waals surface area contributed by atoms with Gasteiger partial charge in [-0.15, -0.1) is 0 Å². The number of carbonyl (C=O) groups is 2. The summed E-state index contributed by atoms with van der Waals surface area (Å²) in [5, 5.41) is 2.99. The zero-order chi connectivity index (χ0) is 15.0. The van der Waals surface area contributed by atoms with Gasteiger partial charge in [-0.25, -0.2) is 4.79 Å². The average molecular weight is 288 g/mol. The Bertz CT molecular complexity index is 542. The van der Waals surface area contributed by atoms with Gasteiger partial charge < -0.3 is 15.0 Å². The maximum atomic E-state index is 12.4. The molecule has 0 bridgehead atoms. The van der Waals surface area contributed by atoms with Crippen LogP contribution in [0.4, 0.5) is 4.79 Å². The highest BCUT2D eigenvalue weighted by Gasteiger charge is 2.49. The lowest BCUT2D eigenvalue weighted by atomic mass is 9.85. The number of hydrogen-bond acceptors (Lipinski definition) is 3. The van der Waals surface area contributed by atoms with E-state index in [-0.39, 0.29) is 30.1 Å². The summed E-state index contributed by atoms with van der Waals surface area (Å²) in [4.78, 5) is 26.5. The standard InChI is InChI=1S/C16H20N2O3/c1-10-13(15(19)21-2)14(11-6-4-3-5-7-11)17-16(20)18(10)12-8-9-12/h3-7,10,12-14H,8-9H2,1-2H3,(H,17,20)/t10-,13-,14+/m1/s1. The number of esters is 1. The molecule has 0 unspecified atom stereocenters. The van der Waals surface area contributed by atoms with Crippen LogP contribution < -0.4 is 5.32 Å². The molecule has 1 aliphatic carbocycles. The fourth-order valence-corrected chi connectivity index (χ4v) is 3.21. The minimum Gasteiger partial charge on any atom is -0.469 e. The Morgan fingerprint density at radius 3 is 2.52 bits per heavy atom. The Kier molecular flexibility index (Phi) is 3.57. The number of ether oxygens (including phenoxy) is 1. The second kappa shape index (κ2) is 5.39. The molecule has 5 nitrogen and oxygen atoms in total. The molecule has 1 heterocycles. The minimum atomic E-state index is -0.393. The van der Waals surface area contributed by atoms with E-state index in [2.05, 4.69) is 5.32 Å². The van der Waals surface area contributed by atoms with Crippen LogP contribution in [-0.4, -0.2) is 36.1 Å². The lowest BCUT2D eigenvalue weighted by Crippen LogP contribution is -2.60. The predicted octanol–water partition coefficient (Wildman–Crippen LogP) is 2.09. The molecular weight excluding hydrogens is 268 g/mol. The van der Waals surface area contributed by atoms with Crippen molar-refractivity contribution in [2.45, 2.75) is 37.9 Å². The van der Waals surface area contributed by atoms with Crippen LogP contribution in [-0.2, 0) is 9.53 Å². The molecule has 1 aromatic carbocycles. The monoisotopic (exact) mass is 288 g/mol. The Hall–Kier alpha value is -2.04. The van der Waals surface area contributed by atoms with Gasteiger partial charge in [0, 0.05) is 12.1 Å². The lowest BCUT2D eigenvalue weighted by Gasteiger charge is -2.43. The van der Waals surface area contributed by atoms with Crippen LogP contribution in [0.2, 0.25) is 0 Å². The smallest absolute Gasteiger partial charge is 0.318 e. The summed E-state index contributed by atoms with van der Waals surface area (Å²) in [6, 6.07) is 9.28. The third kappa shape index (κ3) is 2.48. The molecule has 0 aromatic heterocycles. The van der Waals surface area contributed by atoms with E-state index in [1.54, 1.807) is 4.90 Å². The van der Waals surface area contributed by atoms with Crippen LogP contribution in [0.1, 0.15) is 31.4 Å². The fourth-order valence-electron chi connectivity index (χ4n) is 3.21. The van der Waals surface area contributed by atoms with Crippen molar-refractivity contribution in [2.75, 3.05) is 7.11 Å². The largest absolute Gasteiger partial charge is 0.469 e. The molecule has 3 rings (SSSR count). The van der Waals surface area contributed by atoms with Crippen LogP contribution in [0, 0.1) is 5.92 Å². The number of benzene rings is 1. The first-order valence-electron chi connectivity index (χ1n) is 7.35. The normalized spacial score (nSPS) is 29.0. The number of carbonyl (C=O) groups excluding carboxylic acids is 2. The summed E-state index contributed by atoms with van der Waals surface area (Å²) < 4.78 is 4.98. The number of methoxy groups -OCH3 is 1. The first-order valence-corrected chi connectivity index (χ1v) is 7.35. The molecule has 3 atom stereocenters. The van der Waals surface area contributed by atoms with Gasteiger partial charge in [0.25, 0.3) is 0 Å². The van der Waals surface area contributed by atoms with Gasteiger partial charge in [-0.2, -0.15) is 0 Å². The van der Waals surface area contributed by atoms with Crippen LogP contribution in [0.3, 0.4) is 0 Å². The number of amides is 2. The summed E-state index contributed by atoms with van der Waals surface area (Å²) >= 11 is 0. The predicted molar refractivity (Wildman–Crippen MR) is 77.5 cm³/mol. The first kappa shape index (κ1) is 13.9. The van der Waals surface area contributed by atoms with E-state index in [1.807, 2.05) is 37.3 Å². The molecule has 1 N–H and O–H groups in total. The Labute approximate surface area is 124 Å². The molecule has 1 saturated heterocycles. The van der Waals surface area contributed by atoms with Crippen molar-refractivity contribution in [3.8, 4) is 0 Å². The molecule has 21 heavy (non-hydrogen) atoms. The Morgan fingerprint density at radius 1 is 1.29 bits per heavy atom. The van der Waals surface area contributed by atoms with Gasteiger partial charge in [0.05, 0.1) is 13.2 Å². The first-order chi connectivity index (χ1) is 10.1. The van der Waals surface area contributed by atoms with Crippen molar-refractivity contribution in [3.63, 3.8) is 0 Å². The highest BCUT2D eigenvalue weighted by molar-refractivity contribution is 5.82. The van der Waals surface area contributed by atoms with Crippen molar-refractivity contribution >= 4 is 12.0 Å². The van der Waals surface area contributed by atoms with Gasteiger partial charge in [0.2, 0.25) is 0 Å². The van der Waals surface area contributed by atoms with Crippen molar-refractivity contribution in [3.05, 3.63) is 35.9 Å². The summed E-state index contributed by atoms with van der Waals surface area (Å²) in [5.74, 6) is -0.669. The number of rotatable bonds is 3. The van der Waals surface area contributed by atoms with Crippen LogP contribution >= 0.6 is 0 Å². The van der Waals surface area contributed by atoms with E-state index < -0.39 is 5.92 Å². The second-order valence-corrected chi connectivity index (χ2v) is 5.77. The summed E-state index contributed by atoms with van der Waals surface area (Å²) in [7, 11) is 1.40. The van der Waals surface area contributed by atoms with Crippen molar-refractivity contribution < 1.29 is 14.3 Å². The van der Waals surface area contributed by atoms with Gasteiger partial charge in [-0.3, -0.25) is 4.79 Å². The van der Waals surface area contributed by atoms with Crippen molar-refractivity contribution in [2.24, 2.45) is 5.92 Å². The Balaban J connectivity index is 1.94. The highest BCUT2D eigenvalue weighted by Crippen LogP contribution is 2.38. The van der Waals surface area contributed by atoms with Crippen LogP contribution in [0.5, 0.6) is 0 Å². The average Bonchev–Trinajstić information content (AvgIpc) is 3.31. The molecule has 5 heteroatoms. The topological polar surface area (TPSA) is 58.6 Å². The lowest BCUT2D eigenvalue weighted by molar-refractivity contribution is -0.149. The SMILES string of the molecule is COC(=O)[C@@H]1[C@@H](C)N(C2CC2)C(=O)N[C@H]1c1ccccc1. The number of hydrogen-bond donors (Lipinski definition) is 1. The van der Waals surface area contributed by atoms with Gasteiger partial charge in [0.15, 0.2) is 0 Å². The van der Waals surface area contributed by atoms with E-state index in [9.17, 15) is 9.59 Å². The van der Waals surface area contributed by atoms with Crippen LogP contribution in [0.25, 0.3) is 0 Å². The third-order valence-electron chi connectivity index (χ3n) is 4.40. The summed E-state index contributed by atoms with van der Waals surface area (Å²) in [6.07, 6.45) is 2.03. The zero-order valence-electron chi connectivity index (χ0n) is 12.3. The molecule has 2 aliphatic rings. The maximum absolute atomic E-state index is 12.4. The summed E-state index contributed by atoms with van der Waals surface area (Å²) in [5.41, 5.74) is 0.934. The zero-order valence-corrected chi connectivity index (χ0v) is 12.3. The quantitative estimate of drug-likeness (QED) is 0.866. The molecule has 1 aliphatic heterocycles. The molecule has 1 saturated carbocycles. The molecule has 2 fully saturated rings. The van der Waals surface area contributed by atoms with Gasteiger partial charge in [-0.05, 0) is 25.3 Å². The van der Waals surface area contributed by atoms with E-state index >= 15 is 0 Å². The number of urea groups is 1. The van der Waals surface area contributed by atoms with Gasteiger partial charge >= 0.3 is 12.0 Å². The van der Waals surface area contributed by atoms with Crippen LogP contribution in [0.15, 0.2) is 30.3 Å². The molecule has 0 spiro atoms. The molecule has 2 amide bonds. The third-order valence-corrected chi connectivity index (χ3v) is 4.40. The second-order valence-electron chi connectivity index (χ2n) is 5.77. The fraction of sp³-hybridized carbons (Fsp3) is 0.500. The van der Waals surface area contributed by atoms with Gasteiger partial charge in [0.1, 0.15) is 5.92 Å². The van der Waals surface area contributed by atoms with E-state index in [0.29, 0.717) is 0 Å². The van der Waals surface area contributed by atoms with E-state index in [4.69, 9.17) is 4.74 Å². The minimum absolute atomic E-state index is 0.0843. The number of nitrogens with zero attached hydrogens (tertiary/aromatic N) is 1. The van der Waals surface area contributed by atoms with E-state index in [1.165, 1.54) is 7.11 Å². The van der Waals surface area contributed by atoms with Crippen molar-refractivity contribution in [1.82, 2.24) is 10.2 Å². The van der Waals surface area contributed by atoms with Crippen molar-refractivity contribution in [1.29, 1.82) is 0 Å². The molecule has 112 valence electrons. The Morgan fingerprint density at radius 2 is 1.95 bits per heavy atom. The molecular formula is C16H20N2O3. The van der Waals surface area contributed by atoms with Gasteiger partial charge in [-0.1, -0.05) is 30.3 Å². The molecule has 1 aromatic rings. The molecule has 0 radical (unpaired) electrons. The summed E-state index contributed by atoms with van der Waals surface area (Å²) in [6.45, 7) is 1.94. The number of nitrogens with one attached hydrogen (secondary N) is 1. The van der Waals surface area contributed by atoms with E-state index in [0.717, 1.165) is 18.4 Å².